The van der Waals surface area contributed by atoms with Crippen LogP contribution in [-0.4, -0.2) is 16.5 Å². The molecule has 1 N–H and O–H groups in total. The van der Waals surface area contributed by atoms with E-state index >= 15 is 0 Å². The van der Waals surface area contributed by atoms with Crippen molar-refractivity contribution < 1.29 is 13.2 Å². The Morgan fingerprint density at radius 3 is 2.67 bits per heavy atom. The summed E-state index contributed by atoms with van der Waals surface area (Å²) in [6.07, 6.45) is -4.04. The molecule has 2 rings (SSSR count). The Bertz CT molecular complexity index is 387. The van der Waals surface area contributed by atoms with Crippen LogP contribution >= 0.6 is 0 Å². The number of nitrogens with zero attached hydrogens (tertiary/aromatic N) is 2. The minimum atomic E-state index is -4.38. The van der Waals surface area contributed by atoms with E-state index < -0.39 is 11.9 Å². The van der Waals surface area contributed by atoms with Crippen LogP contribution in [0.3, 0.4) is 0 Å². The summed E-state index contributed by atoms with van der Waals surface area (Å²) < 4.78 is 37.9. The lowest BCUT2D eigenvalue weighted by atomic mass is 10.0. The third kappa shape index (κ3) is 1.94. The molecule has 0 aliphatic carbocycles. The average Bonchev–Trinajstić information content (AvgIpc) is 2.15. The molecule has 3 nitrogen and oxygen atoms in total. The van der Waals surface area contributed by atoms with Crippen molar-refractivity contribution in [3.05, 3.63) is 22.8 Å². The first-order chi connectivity index (χ1) is 6.98. The van der Waals surface area contributed by atoms with Gasteiger partial charge in [-0.05, 0) is 19.9 Å². The number of nitrogens with one attached hydrogen (secondary N) is 1. The molecule has 0 saturated carbocycles. The van der Waals surface area contributed by atoms with Gasteiger partial charge in [-0.2, -0.15) is 13.2 Å². The SMILES string of the molecule is Cc1nc2c(c(C(F)(F)F)n1)CCNC2. The normalized spacial score (nSPS) is 16.3. The highest BCUT2D eigenvalue weighted by molar-refractivity contribution is 5.30. The van der Waals surface area contributed by atoms with Crippen molar-refractivity contribution in [1.82, 2.24) is 15.3 Å². The lowest BCUT2D eigenvalue weighted by molar-refractivity contribution is -0.142. The van der Waals surface area contributed by atoms with E-state index in [2.05, 4.69) is 15.3 Å². The van der Waals surface area contributed by atoms with Gasteiger partial charge in [0.1, 0.15) is 5.82 Å². The second-order valence-corrected chi connectivity index (χ2v) is 3.47. The summed E-state index contributed by atoms with van der Waals surface area (Å²) in [5, 5.41) is 2.99. The fourth-order valence-corrected chi connectivity index (χ4v) is 1.72. The van der Waals surface area contributed by atoms with Gasteiger partial charge in [0, 0.05) is 12.1 Å². The Balaban J connectivity index is 2.58. The van der Waals surface area contributed by atoms with Crippen LogP contribution in [0.15, 0.2) is 0 Å². The van der Waals surface area contributed by atoms with Gasteiger partial charge in [-0.25, -0.2) is 9.97 Å². The smallest absolute Gasteiger partial charge is 0.311 e. The van der Waals surface area contributed by atoms with E-state index in [1.165, 1.54) is 6.92 Å². The highest BCUT2D eigenvalue weighted by Gasteiger charge is 2.37. The maximum atomic E-state index is 12.6. The molecule has 0 fully saturated rings. The topological polar surface area (TPSA) is 37.8 Å². The van der Waals surface area contributed by atoms with Gasteiger partial charge in [-0.1, -0.05) is 0 Å². The Morgan fingerprint density at radius 1 is 1.27 bits per heavy atom. The van der Waals surface area contributed by atoms with E-state index in [1.54, 1.807) is 0 Å². The van der Waals surface area contributed by atoms with Crippen molar-refractivity contribution in [3.63, 3.8) is 0 Å². The number of aromatic nitrogens is 2. The zero-order chi connectivity index (χ0) is 11.1. The zero-order valence-electron chi connectivity index (χ0n) is 8.15. The molecule has 0 unspecified atom stereocenters. The van der Waals surface area contributed by atoms with Gasteiger partial charge < -0.3 is 5.32 Å². The fourth-order valence-electron chi connectivity index (χ4n) is 1.72. The molecule has 6 heteroatoms. The third-order valence-corrected chi connectivity index (χ3v) is 2.32. The standard InChI is InChI=1S/C9H10F3N3/c1-5-14-7-4-13-3-2-6(7)8(15-5)9(10,11)12/h13H,2-4H2,1H3. The first kappa shape index (κ1) is 10.4. The molecule has 1 aromatic heterocycles. The van der Waals surface area contributed by atoms with Gasteiger partial charge in [-0.3, -0.25) is 0 Å². The highest BCUT2D eigenvalue weighted by atomic mass is 19.4. The van der Waals surface area contributed by atoms with Crippen molar-refractivity contribution in [2.24, 2.45) is 0 Å². The van der Waals surface area contributed by atoms with E-state index in [0.717, 1.165) is 0 Å². The van der Waals surface area contributed by atoms with Crippen LogP contribution in [0.4, 0.5) is 13.2 Å². The van der Waals surface area contributed by atoms with E-state index in [-0.39, 0.29) is 11.4 Å². The molecule has 0 amide bonds. The molecule has 0 spiro atoms. The molecule has 82 valence electrons. The number of aryl methyl sites for hydroxylation is 1. The van der Waals surface area contributed by atoms with Gasteiger partial charge in [0.2, 0.25) is 0 Å². The van der Waals surface area contributed by atoms with Crippen molar-refractivity contribution >= 4 is 0 Å². The lowest BCUT2D eigenvalue weighted by Gasteiger charge is -2.20. The molecule has 15 heavy (non-hydrogen) atoms. The second kappa shape index (κ2) is 3.44. The maximum absolute atomic E-state index is 12.6. The number of halogens is 3. The first-order valence-electron chi connectivity index (χ1n) is 4.63. The van der Waals surface area contributed by atoms with Crippen LogP contribution in [0, 0.1) is 6.92 Å². The summed E-state index contributed by atoms with van der Waals surface area (Å²) in [6.45, 7) is 2.41. The van der Waals surface area contributed by atoms with Crippen LogP contribution in [0.2, 0.25) is 0 Å². The molecule has 1 aliphatic heterocycles. The van der Waals surface area contributed by atoms with Gasteiger partial charge in [0.15, 0.2) is 5.69 Å². The van der Waals surface area contributed by atoms with Crippen LogP contribution in [-0.2, 0) is 19.1 Å². The molecule has 0 bridgehead atoms. The second-order valence-electron chi connectivity index (χ2n) is 3.47. The minimum Gasteiger partial charge on any atom is -0.311 e. The predicted octanol–water partition coefficient (Wildman–Crippen LogP) is 1.45. The van der Waals surface area contributed by atoms with E-state index in [1.807, 2.05) is 0 Å². The van der Waals surface area contributed by atoms with Crippen LogP contribution < -0.4 is 5.32 Å². The van der Waals surface area contributed by atoms with E-state index in [4.69, 9.17) is 0 Å². The number of hydrogen-bond donors (Lipinski definition) is 1. The van der Waals surface area contributed by atoms with Crippen LogP contribution in [0.5, 0.6) is 0 Å². The summed E-state index contributed by atoms with van der Waals surface area (Å²) in [6, 6.07) is 0. The van der Waals surface area contributed by atoms with E-state index in [0.29, 0.717) is 25.2 Å². The lowest BCUT2D eigenvalue weighted by Crippen LogP contribution is -2.29. The predicted molar refractivity (Wildman–Crippen MR) is 47.2 cm³/mol. The first-order valence-corrected chi connectivity index (χ1v) is 4.63. The Morgan fingerprint density at radius 2 is 2.00 bits per heavy atom. The van der Waals surface area contributed by atoms with Gasteiger partial charge in [-0.15, -0.1) is 0 Å². The van der Waals surface area contributed by atoms with Crippen molar-refractivity contribution in [2.45, 2.75) is 26.1 Å². The van der Waals surface area contributed by atoms with Crippen molar-refractivity contribution in [2.75, 3.05) is 6.54 Å². The van der Waals surface area contributed by atoms with Crippen LogP contribution in [0.25, 0.3) is 0 Å². The van der Waals surface area contributed by atoms with Crippen LogP contribution in [0.1, 0.15) is 22.8 Å². The Hall–Kier alpha value is -1.17. The summed E-state index contributed by atoms with van der Waals surface area (Å²) in [4.78, 5) is 7.51. The largest absolute Gasteiger partial charge is 0.433 e. The molecule has 0 saturated heterocycles. The maximum Gasteiger partial charge on any atom is 0.433 e. The fraction of sp³-hybridized carbons (Fsp3) is 0.556. The molecule has 0 aromatic carbocycles. The quantitative estimate of drug-likeness (QED) is 0.714. The number of fused-ring (bicyclic) bond motifs is 1. The average molecular weight is 217 g/mol. The molecule has 2 heterocycles. The van der Waals surface area contributed by atoms with Gasteiger partial charge in [0.05, 0.1) is 5.69 Å². The molecule has 1 aromatic rings. The number of hydrogen-bond acceptors (Lipinski definition) is 3. The summed E-state index contributed by atoms with van der Waals surface area (Å²) in [5.74, 6) is 0.171. The highest BCUT2D eigenvalue weighted by Crippen LogP contribution is 2.32. The Labute approximate surface area is 84.7 Å². The van der Waals surface area contributed by atoms with Gasteiger partial charge >= 0.3 is 6.18 Å². The monoisotopic (exact) mass is 217 g/mol. The van der Waals surface area contributed by atoms with E-state index in [9.17, 15) is 13.2 Å². The third-order valence-electron chi connectivity index (χ3n) is 2.32. The molecular formula is C9H10F3N3. The number of alkyl halides is 3. The zero-order valence-corrected chi connectivity index (χ0v) is 8.15. The van der Waals surface area contributed by atoms with Crippen molar-refractivity contribution in [3.8, 4) is 0 Å². The van der Waals surface area contributed by atoms with Gasteiger partial charge in [0.25, 0.3) is 0 Å². The number of rotatable bonds is 0. The summed E-state index contributed by atoms with van der Waals surface area (Å²) >= 11 is 0. The molecule has 1 aliphatic rings. The molecule has 0 atom stereocenters. The van der Waals surface area contributed by atoms with Crippen molar-refractivity contribution in [1.29, 1.82) is 0 Å². The summed E-state index contributed by atoms with van der Waals surface area (Å²) in [7, 11) is 0. The summed E-state index contributed by atoms with van der Waals surface area (Å²) in [5.41, 5.74) is -0.0561. The minimum absolute atomic E-state index is 0.171. The Kier molecular flexibility index (Phi) is 2.38. The molecule has 0 radical (unpaired) electrons. The molecular weight excluding hydrogens is 207 g/mol.